The van der Waals surface area contributed by atoms with Gasteiger partial charge in [-0.25, -0.2) is 0 Å². The average Bonchev–Trinajstić information content (AvgIpc) is 3.05. The van der Waals surface area contributed by atoms with E-state index >= 15 is 0 Å². The molecule has 160 valence electrons. The molecule has 8 heteroatoms. The monoisotopic (exact) mass is 412 g/mol. The Bertz CT molecular complexity index is 903. The number of hydrogen-bond acceptors (Lipinski definition) is 5. The van der Waals surface area contributed by atoms with Crippen LogP contribution < -0.4 is 4.74 Å². The number of hydrogen-bond donors (Lipinski definition) is 0. The van der Waals surface area contributed by atoms with Gasteiger partial charge < -0.3 is 19.3 Å². The van der Waals surface area contributed by atoms with E-state index in [0.717, 1.165) is 12.1 Å². The number of morpholine rings is 1. The summed E-state index contributed by atoms with van der Waals surface area (Å²) in [6.45, 7) is 7.55. The molecule has 0 atom stereocenters. The highest BCUT2D eigenvalue weighted by Gasteiger charge is 2.35. The summed E-state index contributed by atoms with van der Waals surface area (Å²) in [5.74, 6) is 0.501. The number of carbonyl (C=O) groups excluding carboxylic acids is 2. The van der Waals surface area contributed by atoms with Crippen LogP contribution in [0.1, 0.15) is 36.5 Å². The summed E-state index contributed by atoms with van der Waals surface area (Å²) < 4.78 is 13.2. The van der Waals surface area contributed by atoms with Gasteiger partial charge in [-0.1, -0.05) is 18.2 Å². The Morgan fingerprint density at radius 2 is 1.77 bits per heavy atom. The van der Waals surface area contributed by atoms with E-state index < -0.39 is 5.60 Å². The van der Waals surface area contributed by atoms with Crippen LogP contribution in [0.3, 0.4) is 0 Å². The number of aryl methyl sites for hydroxylation is 1. The Hall–Kier alpha value is -2.87. The maximum absolute atomic E-state index is 13.3. The van der Waals surface area contributed by atoms with Gasteiger partial charge in [-0.3, -0.25) is 14.3 Å². The predicted octanol–water partition coefficient (Wildman–Crippen LogP) is 1.95. The van der Waals surface area contributed by atoms with Crippen molar-refractivity contribution in [2.45, 2.75) is 39.0 Å². The zero-order chi connectivity index (χ0) is 21.1. The molecule has 0 spiro atoms. The first-order valence-electron chi connectivity index (χ1n) is 10.4. The summed E-state index contributed by atoms with van der Waals surface area (Å²) in [4.78, 5) is 29.6. The molecule has 0 bridgehead atoms. The van der Waals surface area contributed by atoms with Crippen LogP contribution in [0.2, 0.25) is 0 Å². The highest BCUT2D eigenvalue weighted by molar-refractivity contribution is 5.92. The first-order valence-corrected chi connectivity index (χ1v) is 10.4. The van der Waals surface area contributed by atoms with Crippen molar-refractivity contribution < 1.29 is 19.1 Å². The number of para-hydroxylation sites is 1. The fourth-order valence-corrected chi connectivity index (χ4v) is 3.88. The highest BCUT2D eigenvalue weighted by atomic mass is 16.5. The lowest BCUT2D eigenvalue weighted by atomic mass is 10.1. The first-order chi connectivity index (χ1) is 14.4. The van der Waals surface area contributed by atoms with Crippen LogP contribution in [0.4, 0.5) is 0 Å². The Kier molecular flexibility index (Phi) is 5.76. The zero-order valence-electron chi connectivity index (χ0n) is 17.5. The lowest BCUT2D eigenvalue weighted by Crippen LogP contribution is -2.48. The van der Waals surface area contributed by atoms with Crippen molar-refractivity contribution in [3.05, 3.63) is 47.8 Å². The van der Waals surface area contributed by atoms with Crippen LogP contribution in [0.25, 0.3) is 0 Å². The first kappa shape index (κ1) is 20.4. The topological polar surface area (TPSA) is 76.9 Å². The molecule has 2 aromatic rings. The molecule has 0 radical (unpaired) electrons. The standard InChI is InChI=1S/C22H28N4O4/c1-22(2,30-18-7-4-3-5-8-18)21(28)25-9-6-10-26-17(16-25)15-19(23-26)20(27)24-11-13-29-14-12-24/h3-5,7-8,15H,6,9-14,16H2,1-2H3. The molecule has 2 aliphatic rings. The highest BCUT2D eigenvalue weighted by Crippen LogP contribution is 2.23. The Morgan fingerprint density at radius 1 is 1.03 bits per heavy atom. The molecule has 8 nitrogen and oxygen atoms in total. The molecule has 0 unspecified atom stereocenters. The zero-order valence-corrected chi connectivity index (χ0v) is 17.5. The second kappa shape index (κ2) is 8.47. The molecule has 4 rings (SSSR count). The molecule has 30 heavy (non-hydrogen) atoms. The number of carbonyl (C=O) groups is 2. The molecule has 2 aliphatic heterocycles. The van der Waals surface area contributed by atoms with Crippen LogP contribution in [0.15, 0.2) is 36.4 Å². The lowest BCUT2D eigenvalue weighted by molar-refractivity contribution is -0.146. The number of rotatable bonds is 4. The van der Waals surface area contributed by atoms with Crippen molar-refractivity contribution in [1.82, 2.24) is 19.6 Å². The largest absolute Gasteiger partial charge is 0.478 e. The van der Waals surface area contributed by atoms with Crippen molar-refractivity contribution >= 4 is 11.8 Å². The van der Waals surface area contributed by atoms with E-state index in [2.05, 4.69) is 5.10 Å². The van der Waals surface area contributed by atoms with Crippen molar-refractivity contribution in [2.24, 2.45) is 0 Å². The van der Waals surface area contributed by atoms with E-state index in [9.17, 15) is 9.59 Å². The smallest absolute Gasteiger partial charge is 0.274 e. The predicted molar refractivity (Wildman–Crippen MR) is 110 cm³/mol. The van der Waals surface area contributed by atoms with E-state index in [-0.39, 0.29) is 11.8 Å². The molecule has 0 aliphatic carbocycles. The van der Waals surface area contributed by atoms with Gasteiger partial charge in [0.1, 0.15) is 5.75 Å². The van der Waals surface area contributed by atoms with Gasteiger partial charge in [-0.15, -0.1) is 0 Å². The summed E-state index contributed by atoms with van der Waals surface area (Å²) in [6, 6.07) is 11.2. The summed E-state index contributed by atoms with van der Waals surface area (Å²) in [6.07, 6.45) is 0.771. The molecule has 1 aromatic heterocycles. The molecule has 0 saturated carbocycles. The number of ether oxygens (including phenoxy) is 2. The van der Waals surface area contributed by atoms with E-state index in [1.807, 2.05) is 41.1 Å². The molecule has 0 N–H and O–H groups in total. The second-order valence-corrected chi connectivity index (χ2v) is 8.15. The Balaban J connectivity index is 1.48. The van der Waals surface area contributed by atoms with Gasteiger partial charge in [0.15, 0.2) is 11.3 Å². The van der Waals surface area contributed by atoms with Gasteiger partial charge in [0.05, 0.1) is 25.5 Å². The van der Waals surface area contributed by atoms with Crippen molar-refractivity contribution in [2.75, 3.05) is 32.8 Å². The quantitative estimate of drug-likeness (QED) is 0.767. The van der Waals surface area contributed by atoms with Crippen LogP contribution in [0.5, 0.6) is 5.75 Å². The summed E-state index contributed by atoms with van der Waals surface area (Å²) in [7, 11) is 0. The van der Waals surface area contributed by atoms with E-state index in [4.69, 9.17) is 9.47 Å². The number of amides is 2. The summed E-state index contributed by atoms with van der Waals surface area (Å²) in [5.41, 5.74) is 0.303. The minimum absolute atomic E-state index is 0.0792. The maximum Gasteiger partial charge on any atom is 0.274 e. The van der Waals surface area contributed by atoms with Crippen LogP contribution >= 0.6 is 0 Å². The third-order valence-corrected chi connectivity index (χ3v) is 5.45. The van der Waals surface area contributed by atoms with Gasteiger partial charge in [0.25, 0.3) is 11.8 Å². The average molecular weight is 412 g/mol. The number of fused-ring (bicyclic) bond motifs is 1. The Morgan fingerprint density at radius 3 is 2.50 bits per heavy atom. The fourth-order valence-electron chi connectivity index (χ4n) is 3.88. The van der Waals surface area contributed by atoms with Crippen molar-refractivity contribution in [3.63, 3.8) is 0 Å². The lowest BCUT2D eigenvalue weighted by Gasteiger charge is -2.31. The van der Waals surface area contributed by atoms with E-state index in [1.165, 1.54) is 0 Å². The number of nitrogens with zero attached hydrogens (tertiary/aromatic N) is 4. The summed E-state index contributed by atoms with van der Waals surface area (Å²) in [5, 5.41) is 4.53. The minimum Gasteiger partial charge on any atom is -0.478 e. The molecule has 1 fully saturated rings. The molecule has 2 amide bonds. The Labute approximate surface area is 176 Å². The van der Waals surface area contributed by atoms with Gasteiger partial charge in [-0.05, 0) is 38.5 Å². The van der Waals surface area contributed by atoms with Crippen LogP contribution in [0, 0.1) is 0 Å². The van der Waals surface area contributed by atoms with Gasteiger partial charge in [0, 0.05) is 26.2 Å². The van der Waals surface area contributed by atoms with Gasteiger partial charge >= 0.3 is 0 Å². The van der Waals surface area contributed by atoms with Crippen LogP contribution in [-0.4, -0.2) is 69.8 Å². The number of benzene rings is 1. The summed E-state index contributed by atoms with van der Waals surface area (Å²) >= 11 is 0. The van der Waals surface area contributed by atoms with E-state index in [1.54, 1.807) is 23.6 Å². The van der Waals surface area contributed by atoms with Crippen LogP contribution in [-0.2, 0) is 22.6 Å². The van der Waals surface area contributed by atoms with Crippen molar-refractivity contribution in [3.8, 4) is 5.75 Å². The third-order valence-electron chi connectivity index (χ3n) is 5.45. The minimum atomic E-state index is -0.997. The van der Waals surface area contributed by atoms with Crippen molar-refractivity contribution in [1.29, 1.82) is 0 Å². The molecular weight excluding hydrogens is 384 g/mol. The molecule has 1 aromatic carbocycles. The molecule has 1 saturated heterocycles. The second-order valence-electron chi connectivity index (χ2n) is 8.15. The fraction of sp³-hybridized carbons (Fsp3) is 0.500. The van der Waals surface area contributed by atoms with Gasteiger partial charge in [0.2, 0.25) is 0 Å². The van der Waals surface area contributed by atoms with Gasteiger partial charge in [-0.2, -0.15) is 5.10 Å². The normalized spacial score (nSPS) is 17.3. The molecular formula is C22H28N4O4. The van der Waals surface area contributed by atoms with E-state index in [0.29, 0.717) is 57.4 Å². The number of aromatic nitrogens is 2. The third kappa shape index (κ3) is 4.33. The maximum atomic E-state index is 13.3. The SMILES string of the molecule is CC(C)(Oc1ccccc1)C(=O)N1CCCn2nc(C(=O)N3CCOCC3)cc2C1. The molecule has 3 heterocycles.